The van der Waals surface area contributed by atoms with Gasteiger partial charge in [0.25, 0.3) is 0 Å². The number of hydrogen-bond donors (Lipinski definition) is 0. The van der Waals surface area contributed by atoms with Crippen LogP contribution in [0.4, 0.5) is 13.2 Å². The molecule has 0 amide bonds. The molecule has 0 N–H and O–H groups in total. The number of aromatic nitrogens is 2. The summed E-state index contributed by atoms with van der Waals surface area (Å²) in [5, 5.41) is 3.34. The highest BCUT2D eigenvalue weighted by Crippen LogP contribution is 2.59. The molecule has 1 fully saturated rings. The molecule has 2 bridgehead atoms. The predicted octanol–water partition coefficient (Wildman–Crippen LogP) is 3.44. The molecule has 0 radical (unpaired) electrons. The topological polar surface area (TPSA) is 44.1 Å². The number of esters is 1. The van der Waals surface area contributed by atoms with Crippen LogP contribution in [0.5, 0.6) is 0 Å². The largest absolute Gasteiger partial charge is 0.460 e. The lowest BCUT2D eigenvalue weighted by atomic mass is 9.49. The summed E-state index contributed by atoms with van der Waals surface area (Å²) in [6, 6.07) is 0.841. The molecule has 0 unspecified atom stereocenters. The van der Waals surface area contributed by atoms with Crippen molar-refractivity contribution in [1.82, 2.24) is 9.78 Å². The zero-order valence-corrected chi connectivity index (χ0v) is 13.1. The second-order valence-electron chi connectivity index (χ2n) is 6.88. The molecule has 1 saturated carbocycles. The van der Waals surface area contributed by atoms with Crippen LogP contribution in [0.2, 0.25) is 0 Å². The van der Waals surface area contributed by atoms with E-state index in [1.807, 2.05) is 0 Å². The molecule has 1 aromatic heterocycles. The predicted molar refractivity (Wildman–Crippen MR) is 76.3 cm³/mol. The molecular formula is C16H19F3N2O2. The van der Waals surface area contributed by atoms with Gasteiger partial charge in [0.05, 0.1) is 0 Å². The van der Waals surface area contributed by atoms with Gasteiger partial charge in [-0.1, -0.05) is 19.9 Å². The number of rotatable bonds is 4. The number of nitrogens with zero attached hydrogens (tertiary/aromatic N) is 2. The zero-order valence-electron chi connectivity index (χ0n) is 13.1. The fraction of sp³-hybridized carbons (Fsp3) is 0.625. The summed E-state index contributed by atoms with van der Waals surface area (Å²) < 4.78 is 43.5. The first-order valence-electron chi connectivity index (χ1n) is 7.63. The van der Waals surface area contributed by atoms with E-state index in [9.17, 15) is 18.0 Å². The van der Waals surface area contributed by atoms with Crippen molar-refractivity contribution in [3.63, 3.8) is 0 Å². The number of carbonyl (C=O) groups is 1. The van der Waals surface area contributed by atoms with E-state index in [1.165, 1.54) is 0 Å². The first-order chi connectivity index (χ1) is 10.7. The van der Waals surface area contributed by atoms with Gasteiger partial charge in [-0.3, -0.25) is 9.48 Å². The molecule has 1 heterocycles. The molecule has 3 aliphatic carbocycles. The maximum absolute atomic E-state index is 12.5. The molecule has 3 aliphatic rings. The lowest BCUT2D eigenvalue weighted by molar-refractivity contribution is -0.146. The Morgan fingerprint density at radius 2 is 2.22 bits per heavy atom. The summed E-state index contributed by atoms with van der Waals surface area (Å²) in [5.41, 5.74) is 0.366. The van der Waals surface area contributed by atoms with E-state index in [4.69, 9.17) is 4.74 Å². The molecule has 126 valence electrons. The minimum Gasteiger partial charge on any atom is -0.460 e. The Hall–Kier alpha value is -1.79. The summed E-state index contributed by atoms with van der Waals surface area (Å²) in [7, 11) is 0. The number of ether oxygens (including phenoxy) is 1. The Balaban J connectivity index is 1.53. The van der Waals surface area contributed by atoms with Gasteiger partial charge in [-0.15, -0.1) is 0 Å². The molecule has 7 heteroatoms. The van der Waals surface area contributed by atoms with Crippen LogP contribution in [0.1, 0.15) is 32.4 Å². The Kier molecular flexibility index (Phi) is 3.77. The van der Waals surface area contributed by atoms with Crippen LogP contribution in [0.15, 0.2) is 23.9 Å². The van der Waals surface area contributed by atoms with Crippen LogP contribution in [0.3, 0.4) is 0 Å². The van der Waals surface area contributed by atoms with Crippen molar-refractivity contribution < 1.29 is 22.7 Å². The third kappa shape index (κ3) is 3.01. The Labute approximate surface area is 132 Å². The van der Waals surface area contributed by atoms with E-state index in [0.717, 1.165) is 35.4 Å². The van der Waals surface area contributed by atoms with Crippen molar-refractivity contribution in [3.05, 3.63) is 29.6 Å². The van der Waals surface area contributed by atoms with Gasteiger partial charge in [0.1, 0.15) is 13.2 Å². The molecule has 4 nitrogen and oxygen atoms in total. The summed E-state index contributed by atoms with van der Waals surface area (Å²) >= 11 is 0. The number of carbonyl (C=O) groups excluding carboxylic acids is 1. The van der Waals surface area contributed by atoms with E-state index in [-0.39, 0.29) is 18.6 Å². The first-order valence-corrected chi connectivity index (χ1v) is 7.63. The molecule has 1 aromatic rings. The zero-order chi connectivity index (χ0) is 16.8. The number of hydrogen-bond acceptors (Lipinski definition) is 3. The second kappa shape index (κ2) is 5.39. The van der Waals surface area contributed by atoms with Crippen LogP contribution in [0, 0.1) is 17.3 Å². The highest BCUT2D eigenvalue weighted by atomic mass is 19.4. The number of alkyl halides is 3. The van der Waals surface area contributed by atoms with Crippen molar-refractivity contribution >= 4 is 5.97 Å². The SMILES string of the molecule is CC1(C)[C@H]2CC=C(COC(=O)Cn3ccc(C(F)(F)F)n3)[C@@H]1C2. The van der Waals surface area contributed by atoms with Crippen LogP contribution in [-0.2, 0) is 22.3 Å². The maximum atomic E-state index is 12.5. The van der Waals surface area contributed by atoms with Crippen molar-refractivity contribution in [2.24, 2.45) is 17.3 Å². The number of fused-ring (bicyclic) bond motifs is 1. The maximum Gasteiger partial charge on any atom is 0.435 e. The van der Waals surface area contributed by atoms with Crippen LogP contribution in [-0.4, -0.2) is 22.4 Å². The monoisotopic (exact) mass is 328 g/mol. The van der Waals surface area contributed by atoms with Crippen molar-refractivity contribution in [3.8, 4) is 0 Å². The van der Waals surface area contributed by atoms with Gasteiger partial charge >= 0.3 is 12.1 Å². The molecular weight excluding hydrogens is 309 g/mol. The molecule has 0 spiro atoms. The van der Waals surface area contributed by atoms with Crippen molar-refractivity contribution in [1.29, 1.82) is 0 Å². The van der Waals surface area contributed by atoms with Crippen LogP contribution >= 0.6 is 0 Å². The lowest BCUT2D eigenvalue weighted by Crippen LogP contribution is -2.48. The molecule has 23 heavy (non-hydrogen) atoms. The fourth-order valence-electron chi connectivity index (χ4n) is 3.58. The summed E-state index contributed by atoms with van der Waals surface area (Å²) in [6.07, 6.45) is 0.889. The highest BCUT2D eigenvalue weighted by molar-refractivity contribution is 5.69. The molecule has 0 aromatic carbocycles. The second-order valence-corrected chi connectivity index (χ2v) is 6.88. The minimum atomic E-state index is -4.51. The summed E-state index contributed by atoms with van der Waals surface area (Å²) in [4.78, 5) is 11.8. The van der Waals surface area contributed by atoms with Gasteiger partial charge in [0.2, 0.25) is 0 Å². The van der Waals surface area contributed by atoms with Crippen LogP contribution < -0.4 is 0 Å². The summed E-state index contributed by atoms with van der Waals surface area (Å²) in [5.74, 6) is 0.564. The van der Waals surface area contributed by atoms with E-state index in [1.54, 1.807) is 0 Å². The van der Waals surface area contributed by atoms with E-state index in [2.05, 4.69) is 25.0 Å². The third-order valence-electron chi connectivity index (χ3n) is 5.20. The van der Waals surface area contributed by atoms with Gasteiger partial charge in [-0.05, 0) is 41.7 Å². The average Bonchev–Trinajstić information content (AvgIpc) is 2.93. The normalized spacial score (nSPS) is 25.5. The van der Waals surface area contributed by atoms with Gasteiger partial charge < -0.3 is 4.74 Å². The van der Waals surface area contributed by atoms with Gasteiger partial charge in [-0.25, -0.2) is 0 Å². The highest BCUT2D eigenvalue weighted by Gasteiger charge is 2.51. The standard InChI is InChI=1S/C16H19F3N2O2/c1-15(2)11-4-3-10(12(15)7-11)9-23-14(22)8-21-6-5-13(20-21)16(17,18)19/h3,5-6,11-12H,4,7-9H2,1-2H3/t11-,12-/m0/s1. The Morgan fingerprint density at radius 1 is 1.48 bits per heavy atom. The van der Waals surface area contributed by atoms with E-state index >= 15 is 0 Å². The summed E-state index contributed by atoms with van der Waals surface area (Å²) in [6.45, 7) is 4.35. The fourth-order valence-corrected chi connectivity index (χ4v) is 3.58. The average molecular weight is 328 g/mol. The Bertz CT molecular complexity index is 646. The van der Waals surface area contributed by atoms with E-state index < -0.39 is 17.8 Å². The molecule has 2 atom stereocenters. The van der Waals surface area contributed by atoms with Gasteiger partial charge in [-0.2, -0.15) is 18.3 Å². The minimum absolute atomic E-state index is 0.215. The quantitative estimate of drug-likeness (QED) is 0.628. The van der Waals surface area contributed by atoms with Gasteiger partial charge in [0, 0.05) is 6.20 Å². The van der Waals surface area contributed by atoms with Crippen LogP contribution in [0.25, 0.3) is 0 Å². The van der Waals surface area contributed by atoms with Crippen molar-refractivity contribution in [2.75, 3.05) is 6.61 Å². The Morgan fingerprint density at radius 3 is 2.78 bits per heavy atom. The molecule has 0 aliphatic heterocycles. The first kappa shape index (κ1) is 16.1. The molecule has 4 rings (SSSR count). The third-order valence-corrected chi connectivity index (χ3v) is 5.20. The van der Waals surface area contributed by atoms with E-state index in [0.29, 0.717) is 11.8 Å². The number of halogens is 3. The smallest absolute Gasteiger partial charge is 0.435 e. The van der Waals surface area contributed by atoms with Gasteiger partial charge in [0.15, 0.2) is 5.69 Å². The number of allylic oxidation sites excluding steroid dienone is 1. The lowest BCUT2D eigenvalue weighted by Gasteiger charge is -2.56. The van der Waals surface area contributed by atoms with Crippen molar-refractivity contribution in [2.45, 2.75) is 39.4 Å². The molecule has 0 saturated heterocycles.